The molecule has 2 rings (SSSR count). The Balaban J connectivity index is 1.88. The number of carbonyl (C=O) groups excluding carboxylic acids is 1. The number of thiophene rings is 1. The monoisotopic (exact) mass is 298 g/mol. The molecule has 0 bridgehead atoms. The van der Waals surface area contributed by atoms with Gasteiger partial charge in [0.05, 0.1) is 23.7 Å². The highest BCUT2D eigenvalue weighted by molar-refractivity contribution is 7.16. The number of hydrogen-bond donors (Lipinski definition) is 1. The van der Waals surface area contributed by atoms with Gasteiger partial charge in [-0.1, -0.05) is 11.6 Å². The molecule has 1 N–H and O–H groups in total. The van der Waals surface area contributed by atoms with Crippen LogP contribution in [0.5, 0.6) is 0 Å². The predicted octanol–water partition coefficient (Wildman–Crippen LogP) is 3.73. The topological polar surface area (TPSA) is 45.5 Å². The third-order valence-corrected chi connectivity index (χ3v) is 3.85. The molecule has 0 saturated carbocycles. The van der Waals surface area contributed by atoms with Crippen molar-refractivity contribution in [2.24, 2.45) is 0 Å². The van der Waals surface area contributed by atoms with E-state index in [4.69, 9.17) is 16.0 Å². The Hall–Kier alpha value is -1.46. The molecule has 102 valence electrons. The smallest absolute Gasteiger partial charge is 0.318 e. The molecule has 6 heteroatoms. The van der Waals surface area contributed by atoms with Gasteiger partial charge in [-0.05, 0) is 31.2 Å². The van der Waals surface area contributed by atoms with Gasteiger partial charge in [0, 0.05) is 11.4 Å². The standard InChI is InChI=1S/C13H15ClN2O2S/c1-2-16(9-11-5-6-12(14)19-11)13(17)15-8-10-4-3-7-18-10/h3-7H,2,8-9H2,1H3,(H,15,17). The Morgan fingerprint density at radius 1 is 1.47 bits per heavy atom. The average molecular weight is 299 g/mol. The molecule has 2 aromatic rings. The van der Waals surface area contributed by atoms with E-state index in [2.05, 4.69) is 5.32 Å². The summed E-state index contributed by atoms with van der Waals surface area (Å²) < 4.78 is 5.91. The van der Waals surface area contributed by atoms with Crippen LogP contribution in [-0.4, -0.2) is 17.5 Å². The molecule has 0 aliphatic carbocycles. The molecule has 19 heavy (non-hydrogen) atoms. The number of amides is 2. The van der Waals surface area contributed by atoms with Gasteiger partial charge in [-0.2, -0.15) is 0 Å². The van der Waals surface area contributed by atoms with Crippen LogP contribution in [0.4, 0.5) is 4.79 Å². The van der Waals surface area contributed by atoms with Gasteiger partial charge in [0.1, 0.15) is 5.76 Å². The number of rotatable bonds is 5. The SMILES string of the molecule is CCN(Cc1ccc(Cl)s1)C(=O)NCc1ccco1. The molecule has 2 heterocycles. The van der Waals surface area contributed by atoms with Crippen molar-refractivity contribution < 1.29 is 9.21 Å². The number of nitrogens with zero attached hydrogens (tertiary/aromatic N) is 1. The van der Waals surface area contributed by atoms with E-state index < -0.39 is 0 Å². The molecule has 2 aromatic heterocycles. The van der Waals surface area contributed by atoms with Crippen LogP contribution in [0.15, 0.2) is 34.9 Å². The summed E-state index contributed by atoms with van der Waals surface area (Å²) in [6, 6.07) is 7.30. The summed E-state index contributed by atoms with van der Waals surface area (Å²) in [6.45, 7) is 3.55. The van der Waals surface area contributed by atoms with Crippen molar-refractivity contribution >= 4 is 29.0 Å². The highest BCUT2D eigenvalue weighted by atomic mass is 35.5. The number of furan rings is 1. The summed E-state index contributed by atoms with van der Waals surface area (Å²) >= 11 is 7.37. The van der Waals surface area contributed by atoms with E-state index in [0.717, 1.165) is 15.0 Å². The molecule has 4 nitrogen and oxygen atoms in total. The Morgan fingerprint density at radius 3 is 2.89 bits per heavy atom. The fourth-order valence-corrected chi connectivity index (χ4v) is 2.74. The fraction of sp³-hybridized carbons (Fsp3) is 0.308. The molecule has 0 aliphatic heterocycles. The van der Waals surface area contributed by atoms with Crippen molar-refractivity contribution in [1.82, 2.24) is 10.2 Å². The minimum Gasteiger partial charge on any atom is -0.467 e. The summed E-state index contributed by atoms with van der Waals surface area (Å²) in [4.78, 5) is 14.8. The first-order valence-corrected chi connectivity index (χ1v) is 7.18. The Kier molecular flexibility index (Phi) is 4.87. The van der Waals surface area contributed by atoms with Crippen LogP contribution in [0.2, 0.25) is 4.34 Å². The lowest BCUT2D eigenvalue weighted by atomic mass is 10.4. The number of halogens is 1. The van der Waals surface area contributed by atoms with E-state index in [1.165, 1.54) is 11.3 Å². The van der Waals surface area contributed by atoms with Crippen molar-refractivity contribution in [3.05, 3.63) is 45.5 Å². The molecule has 0 radical (unpaired) electrons. The first-order valence-electron chi connectivity index (χ1n) is 5.98. The molecule has 0 aliphatic rings. The second kappa shape index (κ2) is 6.63. The van der Waals surface area contributed by atoms with Crippen molar-refractivity contribution in [1.29, 1.82) is 0 Å². The van der Waals surface area contributed by atoms with Crippen molar-refractivity contribution in [2.45, 2.75) is 20.0 Å². The van der Waals surface area contributed by atoms with E-state index in [-0.39, 0.29) is 6.03 Å². The van der Waals surface area contributed by atoms with E-state index >= 15 is 0 Å². The molecule has 2 amide bonds. The van der Waals surface area contributed by atoms with E-state index in [9.17, 15) is 4.79 Å². The maximum atomic E-state index is 12.0. The second-order valence-electron chi connectivity index (χ2n) is 3.96. The summed E-state index contributed by atoms with van der Waals surface area (Å²) in [7, 11) is 0. The van der Waals surface area contributed by atoms with Crippen molar-refractivity contribution in [3.8, 4) is 0 Å². The molecule has 0 aromatic carbocycles. The Morgan fingerprint density at radius 2 is 2.32 bits per heavy atom. The first kappa shape index (κ1) is 14.0. The van der Waals surface area contributed by atoms with Gasteiger partial charge in [0.2, 0.25) is 0 Å². The summed E-state index contributed by atoms with van der Waals surface area (Å²) in [5.41, 5.74) is 0. The quantitative estimate of drug-likeness (QED) is 0.914. The largest absolute Gasteiger partial charge is 0.467 e. The molecule has 0 atom stereocenters. The maximum Gasteiger partial charge on any atom is 0.318 e. The van der Waals surface area contributed by atoms with Gasteiger partial charge in [-0.25, -0.2) is 4.79 Å². The van der Waals surface area contributed by atoms with Gasteiger partial charge < -0.3 is 14.6 Å². The molecule has 0 saturated heterocycles. The normalized spacial score (nSPS) is 10.4. The lowest BCUT2D eigenvalue weighted by Crippen LogP contribution is -2.38. The van der Waals surface area contributed by atoms with Crippen LogP contribution in [0, 0.1) is 0 Å². The minimum atomic E-state index is -0.108. The lowest BCUT2D eigenvalue weighted by Gasteiger charge is -2.20. The zero-order valence-electron chi connectivity index (χ0n) is 10.6. The minimum absolute atomic E-state index is 0.108. The average Bonchev–Trinajstić information content (AvgIpc) is 3.04. The third kappa shape index (κ3) is 4.01. The molecule has 0 unspecified atom stereocenters. The zero-order valence-corrected chi connectivity index (χ0v) is 12.1. The number of carbonyl (C=O) groups is 1. The fourth-order valence-electron chi connectivity index (χ4n) is 1.64. The van der Waals surface area contributed by atoms with Gasteiger partial charge in [-0.3, -0.25) is 0 Å². The third-order valence-electron chi connectivity index (χ3n) is 2.64. The van der Waals surface area contributed by atoms with E-state index in [1.54, 1.807) is 17.2 Å². The van der Waals surface area contributed by atoms with E-state index in [1.807, 2.05) is 25.1 Å². The van der Waals surface area contributed by atoms with Crippen molar-refractivity contribution in [3.63, 3.8) is 0 Å². The number of nitrogens with one attached hydrogen (secondary N) is 1. The van der Waals surface area contributed by atoms with Gasteiger partial charge in [0.15, 0.2) is 0 Å². The van der Waals surface area contributed by atoms with Crippen LogP contribution >= 0.6 is 22.9 Å². The predicted molar refractivity (Wildman–Crippen MR) is 76.4 cm³/mol. The number of hydrogen-bond acceptors (Lipinski definition) is 3. The van der Waals surface area contributed by atoms with Crippen LogP contribution in [0.1, 0.15) is 17.6 Å². The van der Waals surface area contributed by atoms with Gasteiger partial charge in [0.25, 0.3) is 0 Å². The molecule has 0 spiro atoms. The zero-order chi connectivity index (χ0) is 13.7. The summed E-state index contributed by atoms with van der Waals surface area (Å²) in [5.74, 6) is 0.739. The first-order chi connectivity index (χ1) is 9.19. The maximum absolute atomic E-state index is 12.0. The van der Waals surface area contributed by atoms with Crippen molar-refractivity contribution in [2.75, 3.05) is 6.54 Å². The summed E-state index contributed by atoms with van der Waals surface area (Å²) in [5, 5.41) is 2.83. The van der Waals surface area contributed by atoms with Gasteiger partial charge >= 0.3 is 6.03 Å². The Bertz CT molecular complexity index is 524. The van der Waals surface area contributed by atoms with Crippen LogP contribution in [0.25, 0.3) is 0 Å². The van der Waals surface area contributed by atoms with E-state index in [0.29, 0.717) is 19.6 Å². The highest BCUT2D eigenvalue weighted by Crippen LogP contribution is 2.22. The lowest BCUT2D eigenvalue weighted by molar-refractivity contribution is 0.197. The molecule has 0 fully saturated rings. The van der Waals surface area contributed by atoms with Crippen LogP contribution in [-0.2, 0) is 13.1 Å². The van der Waals surface area contributed by atoms with Crippen LogP contribution in [0.3, 0.4) is 0 Å². The molecular formula is C13H15ClN2O2S. The number of urea groups is 1. The van der Waals surface area contributed by atoms with Crippen LogP contribution < -0.4 is 5.32 Å². The summed E-state index contributed by atoms with van der Waals surface area (Å²) in [6.07, 6.45) is 1.59. The second-order valence-corrected chi connectivity index (χ2v) is 5.76. The highest BCUT2D eigenvalue weighted by Gasteiger charge is 2.13. The van der Waals surface area contributed by atoms with Gasteiger partial charge in [-0.15, -0.1) is 11.3 Å². The Labute approximate surface area is 121 Å². The molecular weight excluding hydrogens is 284 g/mol.